The summed E-state index contributed by atoms with van der Waals surface area (Å²) in [6, 6.07) is 0. The molecule has 4 nitrogen and oxygen atoms in total. The fraction of sp³-hybridized carbons (Fsp3) is 0.762. The van der Waals surface area contributed by atoms with Crippen molar-refractivity contribution in [3.05, 3.63) is 23.8 Å². The average Bonchev–Trinajstić information content (AvgIpc) is 3.35. The number of carbonyl (C=O) groups excluding carboxylic acids is 1. The molecule has 0 aromatic heterocycles. The lowest BCUT2D eigenvalue weighted by Gasteiger charge is -2.33. The summed E-state index contributed by atoms with van der Waals surface area (Å²) in [5, 5.41) is 0. The Morgan fingerprint density at radius 2 is 2.04 bits per heavy atom. The number of allylic oxidation sites excluding steroid dienone is 2. The first-order valence-corrected chi connectivity index (χ1v) is 10.8. The molecule has 1 unspecified atom stereocenters. The van der Waals surface area contributed by atoms with Crippen molar-refractivity contribution in [3.8, 4) is 0 Å². The molecule has 3 atom stereocenters. The summed E-state index contributed by atoms with van der Waals surface area (Å²) < 4.78 is 11.4. The van der Waals surface area contributed by atoms with Gasteiger partial charge >= 0.3 is 6.09 Å². The number of ether oxygens (including phenoxy) is 2. The quantitative estimate of drug-likeness (QED) is 0.585. The van der Waals surface area contributed by atoms with E-state index in [4.69, 9.17) is 9.47 Å². The Bertz CT molecular complexity index is 558. The summed E-state index contributed by atoms with van der Waals surface area (Å²) in [7, 11) is 0. The minimum absolute atomic E-state index is 0.161. The van der Waals surface area contributed by atoms with Gasteiger partial charge in [0.25, 0.3) is 0 Å². The highest BCUT2D eigenvalue weighted by Gasteiger charge is 2.44. The van der Waals surface area contributed by atoms with E-state index < -0.39 is 5.60 Å². The molecular formula is C21H32BrNO3. The van der Waals surface area contributed by atoms with Crippen LogP contribution >= 0.6 is 15.9 Å². The third-order valence-electron chi connectivity index (χ3n) is 5.50. The van der Waals surface area contributed by atoms with Crippen molar-refractivity contribution in [1.29, 1.82) is 0 Å². The molecule has 1 amide bonds. The van der Waals surface area contributed by atoms with Crippen molar-refractivity contribution in [2.24, 2.45) is 17.8 Å². The Balaban J connectivity index is 1.32. The molecule has 2 aliphatic carbocycles. The van der Waals surface area contributed by atoms with Gasteiger partial charge in [-0.05, 0) is 69.8 Å². The maximum Gasteiger partial charge on any atom is 0.410 e. The zero-order valence-corrected chi connectivity index (χ0v) is 17.8. The molecule has 0 spiro atoms. The van der Waals surface area contributed by atoms with Crippen LogP contribution in [0.1, 0.15) is 46.5 Å². The van der Waals surface area contributed by atoms with Crippen LogP contribution in [0, 0.1) is 17.8 Å². The summed E-state index contributed by atoms with van der Waals surface area (Å²) in [5.74, 6) is 2.24. The van der Waals surface area contributed by atoms with E-state index in [9.17, 15) is 4.79 Å². The van der Waals surface area contributed by atoms with Gasteiger partial charge in [-0.2, -0.15) is 0 Å². The molecule has 2 fully saturated rings. The number of halogens is 1. The highest BCUT2D eigenvalue weighted by Crippen LogP contribution is 2.48. The summed E-state index contributed by atoms with van der Waals surface area (Å²) in [6.45, 7) is 9.03. The van der Waals surface area contributed by atoms with Gasteiger partial charge in [-0.25, -0.2) is 4.79 Å². The number of rotatable bonds is 5. The van der Waals surface area contributed by atoms with Crippen molar-refractivity contribution in [1.82, 2.24) is 4.90 Å². The van der Waals surface area contributed by atoms with Gasteiger partial charge in [0.15, 0.2) is 0 Å². The van der Waals surface area contributed by atoms with Crippen LogP contribution in [-0.4, -0.2) is 47.7 Å². The van der Waals surface area contributed by atoms with Gasteiger partial charge < -0.3 is 14.4 Å². The lowest BCUT2D eigenvalue weighted by molar-refractivity contribution is 0.0171. The molecule has 0 aromatic carbocycles. The zero-order valence-electron chi connectivity index (χ0n) is 16.2. The normalized spacial score (nSPS) is 29.5. The highest BCUT2D eigenvalue weighted by molar-refractivity contribution is 9.09. The van der Waals surface area contributed by atoms with E-state index in [2.05, 4.69) is 34.2 Å². The van der Waals surface area contributed by atoms with Crippen LogP contribution in [0.4, 0.5) is 4.79 Å². The minimum atomic E-state index is -0.411. The molecule has 1 saturated heterocycles. The molecule has 26 heavy (non-hydrogen) atoms. The molecule has 3 aliphatic rings. The van der Waals surface area contributed by atoms with Crippen molar-refractivity contribution in [2.75, 3.05) is 26.3 Å². The lowest BCUT2D eigenvalue weighted by atomic mass is 9.91. The van der Waals surface area contributed by atoms with Gasteiger partial charge in [0.1, 0.15) is 5.60 Å². The molecule has 1 saturated carbocycles. The number of amides is 1. The SMILES string of the molecule is CC(C)(C)OC(=O)N1CCC([C@H]2C[C@H]2COCC2=CCC(Br)C=C2)CC1. The van der Waals surface area contributed by atoms with Crippen molar-refractivity contribution < 1.29 is 14.3 Å². The number of nitrogens with zero attached hydrogens (tertiary/aromatic N) is 1. The second kappa shape index (κ2) is 8.47. The van der Waals surface area contributed by atoms with Crippen molar-refractivity contribution in [2.45, 2.75) is 56.9 Å². The predicted octanol–water partition coefficient (Wildman–Crippen LogP) is 4.94. The average molecular weight is 426 g/mol. The number of carbonyl (C=O) groups is 1. The Labute approximate surface area is 166 Å². The monoisotopic (exact) mass is 425 g/mol. The number of piperidine rings is 1. The number of hydrogen-bond acceptors (Lipinski definition) is 3. The van der Waals surface area contributed by atoms with E-state index in [1.165, 1.54) is 12.0 Å². The second-order valence-corrected chi connectivity index (χ2v) is 10.0. The Kier molecular flexibility index (Phi) is 6.50. The molecule has 5 heteroatoms. The summed E-state index contributed by atoms with van der Waals surface area (Å²) in [4.78, 5) is 14.5. The molecular weight excluding hydrogens is 394 g/mol. The topological polar surface area (TPSA) is 38.8 Å². The molecule has 3 rings (SSSR count). The lowest BCUT2D eigenvalue weighted by Crippen LogP contribution is -2.42. The van der Waals surface area contributed by atoms with Gasteiger partial charge in [0.05, 0.1) is 13.2 Å². The van der Waals surface area contributed by atoms with Gasteiger partial charge in [0.2, 0.25) is 0 Å². The van der Waals surface area contributed by atoms with Gasteiger partial charge in [-0.3, -0.25) is 0 Å². The van der Waals surface area contributed by atoms with Crippen LogP contribution in [0.15, 0.2) is 23.8 Å². The molecule has 1 aliphatic heterocycles. The second-order valence-electron chi connectivity index (χ2n) is 8.87. The van der Waals surface area contributed by atoms with E-state index in [0.29, 0.717) is 10.7 Å². The van der Waals surface area contributed by atoms with Crippen LogP contribution in [0.3, 0.4) is 0 Å². The van der Waals surface area contributed by atoms with E-state index in [1.54, 1.807) is 0 Å². The molecule has 0 aromatic rings. The summed E-state index contributed by atoms with van der Waals surface area (Å²) >= 11 is 3.59. The number of likely N-dealkylation sites (tertiary alicyclic amines) is 1. The largest absolute Gasteiger partial charge is 0.444 e. The van der Waals surface area contributed by atoms with E-state index in [0.717, 1.165) is 57.4 Å². The first kappa shape index (κ1) is 19.9. The summed E-state index contributed by atoms with van der Waals surface area (Å²) in [6.07, 6.45) is 11.0. The third-order valence-corrected chi connectivity index (χ3v) is 6.18. The zero-order chi connectivity index (χ0) is 18.7. The number of alkyl halides is 1. The van der Waals surface area contributed by atoms with Gasteiger partial charge in [-0.15, -0.1) is 0 Å². The predicted molar refractivity (Wildman–Crippen MR) is 108 cm³/mol. The van der Waals surface area contributed by atoms with Crippen LogP contribution in [0.5, 0.6) is 0 Å². The molecule has 146 valence electrons. The van der Waals surface area contributed by atoms with Crippen LogP contribution < -0.4 is 0 Å². The van der Waals surface area contributed by atoms with Gasteiger partial charge in [-0.1, -0.05) is 34.2 Å². The maximum atomic E-state index is 12.2. The van der Waals surface area contributed by atoms with Crippen LogP contribution in [-0.2, 0) is 9.47 Å². The van der Waals surface area contributed by atoms with E-state index in [1.807, 2.05) is 25.7 Å². The van der Waals surface area contributed by atoms with Crippen molar-refractivity contribution >= 4 is 22.0 Å². The third kappa shape index (κ3) is 5.85. The fourth-order valence-corrected chi connectivity index (χ4v) is 4.29. The van der Waals surface area contributed by atoms with Crippen molar-refractivity contribution in [3.63, 3.8) is 0 Å². The standard InChI is InChI=1S/C21H32BrNO3/c1-21(2,3)26-20(24)23-10-8-16(9-11-23)19-12-17(19)14-25-13-15-4-6-18(22)7-5-15/h4-6,16-19H,7-14H2,1-3H3/t17-,18?,19+/m0/s1. The molecule has 1 heterocycles. The van der Waals surface area contributed by atoms with Crippen LogP contribution in [0.2, 0.25) is 0 Å². The van der Waals surface area contributed by atoms with Crippen LogP contribution in [0.25, 0.3) is 0 Å². The minimum Gasteiger partial charge on any atom is -0.444 e. The molecule has 0 N–H and O–H groups in total. The highest BCUT2D eigenvalue weighted by atomic mass is 79.9. The maximum absolute atomic E-state index is 12.2. The Morgan fingerprint density at radius 3 is 2.65 bits per heavy atom. The fourth-order valence-electron chi connectivity index (χ4n) is 3.95. The van der Waals surface area contributed by atoms with Gasteiger partial charge in [0, 0.05) is 17.9 Å². The smallest absolute Gasteiger partial charge is 0.410 e. The first-order chi connectivity index (χ1) is 12.3. The Hall–Kier alpha value is -0.810. The number of hydrogen-bond donors (Lipinski definition) is 0. The summed E-state index contributed by atoms with van der Waals surface area (Å²) in [5.41, 5.74) is 0.884. The van der Waals surface area contributed by atoms with E-state index in [-0.39, 0.29) is 6.09 Å². The first-order valence-electron chi connectivity index (χ1n) is 9.89. The van der Waals surface area contributed by atoms with E-state index >= 15 is 0 Å². The Morgan fingerprint density at radius 1 is 1.31 bits per heavy atom. The molecule has 0 bridgehead atoms. The molecule has 0 radical (unpaired) electrons.